The summed E-state index contributed by atoms with van der Waals surface area (Å²) in [5, 5.41) is 10.4. The number of pyridine rings is 1. The fourth-order valence-electron chi connectivity index (χ4n) is 1.72. The van der Waals surface area contributed by atoms with Crippen molar-refractivity contribution in [3.63, 3.8) is 0 Å². The van der Waals surface area contributed by atoms with Crippen LogP contribution in [-0.4, -0.2) is 30.8 Å². The number of aryl methyl sites for hydroxylation is 1. The first-order valence-electron chi connectivity index (χ1n) is 6.24. The van der Waals surface area contributed by atoms with Gasteiger partial charge in [0.25, 0.3) is 5.91 Å². The third-order valence-corrected chi connectivity index (χ3v) is 2.77. The molecule has 0 aliphatic heterocycles. The second-order valence-electron chi connectivity index (χ2n) is 4.38. The van der Waals surface area contributed by atoms with E-state index in [4.69, 9.17) is 4.52 Å². The molecule has 0 fully saturated rings. The lowest BCUT2D eigenvalue weighted by Crippen LogP contribution is -2.22. The minimum atomic E-state index is -0.309. The molecule has 0 saturated carbocycles. The summed E-state index contributed by atoms with van der Waals surface area (Å²) in [4.78, 5) is 19.9. The molecule has 0 aliphatic rings. The van der Waals surface area contributed by atoms with Crippen LogP contribution < -0.4 is 5.32 Å². The predicted molar refractivity (Wildman–Crippen MR) is 71.6 cm³/mol. The average molecular weight is 284 g/mol. The van der Waals surface area contributed by atoms with E-state index in [1.54, 1.807) is 36.3 Å². The molecule has 3 aromatic rings. The standard InChI is InChI=1S/C13H12N6O2/c1-9-4-11(21-18-9)13(20)16-6-10-2-3-12(15-5-10)19-8-14-7-17-19/h2-5,7-8H,6H2,1H3,(H,16,20). The lowest BCUT2D eigenvalue weighted by Gasteiger charge is -2.04. The fourth-order valence-corrected chi connectivity index (χ4v) is 1.72. The summed E-state index contributed by atoms with van der Waals surface area (Å²) in [6, 6.07) is 5.24. The van der Waals surface area contributed by atoms with Gasteiger partial charge in [0.05, 0.1) is 5.69 Å². The number of hydrogen-bond acceptors (Lipinski definition) is 6. The Morgan fingerprint density at radius 3 is 2.95 bits per heavy atom. The zero-order valence-corrected chi connectivity index (χ0v) is 11.2. The molecule has 1 N–H and O–H groups in total. The Hall–Kier alpha value is -3.03. The number of amides is 1. The highest BCUT2D eigenvalue weighted by molar-refractivity contribution is 5.91. The highest BCUT2D eigenvalue weighted by atomic mass is 16.5. The van der Waals surface area contributed by atoms with Crippen molar-refractivity contribution >= 4 is 5.91 Å². The second-order valence-corrected chi connectivity index (χ2v) is 4.38. The Kier molecular flexibility index (Phi) is 3.42. The predicted octanol–water partition coefficient (Wildman–Crippen LogP) is 0.889. The molecule has 3 heterocycles. The summed E-state index contributed by atoms with van der Waals surface area (Å²) in [5.41, 5.74) is 1.53. The van der Waals surface area contributed by atoms with Crippen LogP contribution in [0.2, 0.25) is 0 Å². The molecule has 3 rings (SSSR count). The molecular weight excluding hydrogens is 272 g/mol. The van der Waals surface area contributed by atoms with Crippen LogP contribution in [0.25, 0.3) is 5.82 Å². The van der Waals surface area contributed by atoms with Crippen molar-refractivity contribution in [2.75, 3.05) is 0 Å². The van der Waals surface area contributed by atoms with Gasteiger partial charge in [0.1, 0.15) is 12.7 Å². The molecule has 3 aromatic heterocycles. The van der Waals surface area contributed by atoms with E-state index in [-0.39, 0.29) is 11.7 Å². The van der Waals surface area contributed by atoms with Gasteiger partial charge >= 0.3 is 0 Å². The molecule has 0 saturated heterocycles. The van der Waals surface area contributed by atoms with Crippen molar-refractivity contribution in [1.29, 1.82) is 0 Å². The summed E-state index contributed by atoms with van der Waals surface area (Å²) < 4.78 is 6.44. The summed E-state index contributed by atoms with van der Waals surface area (Å²) in [6.45, 7) is 2.11. The number of aromatic nitrogens is 5. The van der Waals surface area contributed by atoms with E-state index >= 15 is 0 Å². The van der Waals surface area contributed by atoms with Gasteiger partial charge in [0.2, 0.25) is 5.76 Å². The van der Waals surface area contributed by atoms with Gasteiger partial charge in [-0.2, -0.15) is 5.10 Å². The van der Waals surface area contributed by atoms with Crippen LogP contribution in [0, 0.1) is 6.92 Å². The molecule has 0 bridgehead atoms. The monoisotopic (exact) mass is 284 g/mol. The van der Waals surface area contributed by atoms with Gasteiger partial charge in [-0.15, -0.1) is 0 Å². The summed E-state index contributed by atoms with van der Waals surface area (Å²) in [5.74, 6) is 0.545. The first kappa shape index (κ1) is 13.0. The molecule has 0 radical (unpaired) electrons. The molecule has 0 unspecified atom stereocenters. The van der Waals surface area contributed by atoms with Crippen molar-refractivity contribution in [2.45, 2.75) is 13.5 Å². The van der Waals surface area contributed by atoms with E-state index in [0.29, 0.717) is 18.1 Å². The smallest absolute Gasteiger partial charge is 0.290 e. The number of carbonyl (C=O) groups is 1. The third-order valence-electron chi connectivity index (χ3n) is 2.77. The molecule has 0 aliphatic carbocycles. The van der Waals surface area contributed by atoms with Crippen molar-refractivity contribution in [3.05, 3.63) is 54.1 Å². The van der Waals surface area contributed by atoms with Gasteiger partial charge in [-0.1, -0.05) is 11.2 Å². The van der Waals surface area contributed by atoms with Crippen LogP contribution >= 0.6 is 0 Å². The van der Waals surface area contributed by atoms with E-state index in [1.807, 2.05) is 6.07 Å². The number of carbonyl (C=O) groups excluding carboxylic acids is 1. The Morgan fingerprint density at radius 1 is 1.43 bits per heavy atom. The normalized spacial score (nSPS) is 10.5. The van der Waals surface area contributed by atoms with Gasteiger partial charge in [-0.25, -0.2) is 14.6 Å². The maximum Gasteiger partial charge on any atom is 0.290 e. The maximum atomic E-state index is 11.8. The van der Waals surface area contributed by atoms with Crippen LogP contribution in [-0.2, 0) is 6.54 Å². The number of hydrogen-bond donors (Lipinski definition) is 1. The highest BCUT2D eigenvalue weighted by Crippen LogP contribution is 2.05. The van der Waals surface area contributed by atoms with Crippen LogP contribution in [0.1, 0.15) is 21.8 Å². The van der Waals surface area contributed by atoms with E-state index in [0.717, 1.165) is 5.56 Å². The van der Waals surface area contributed by atoms with E-state index in [2.05, 4.69) is 25.5 Å². The second kappa shape index (κ2) is 5.53. The Morgan fingerprint density at radius 2 is 2.33 bits per heavy atom. The largest absolute Gasteiger partial charge is 0.351 e. The molecule has 21 heavy (non-hydrogen) atoms. The van der Waals surface area contributed by atoms with Crippen LogP contribution in [0.5, 0.6) is 0 Å². The first-order chi connectivity index (χ1) is 10.2. The number of nitrogens with zero attached hydrogens (tertiary/aromatic N) is 5. The van der Waals surface area contributed by atoms with Crippen LogP contribution in [0.3, 0.4) is 0 Å². The SMILES string of the molecule is Cc1cc(C(=O)NCc2ccc(-n3cncn3)nc2)on1. The molecule has 0 atom stereocenters. The van der Waals surface area contributed by atoms with Crippen molar-refractivity contribution < 1.29 is 9.32 Å². The summed E-state index contributed by atoms with van der Waals surface area (Å²) in [6.07, 6.45) is 4.67. The third kappa shape index (κ3) is 2.94. The Bertz CT molecular complexity index is 732. The van der Waals surface area contributed by atoms with Gasteiger partial charge in [0.15, 0.2) is 5.82 Å². The molecule has 1 amide bonds. The van der Waals surface area contributed by atoms with Gasteiger partial charge in [0, 0.05) is 18.8 Å². The number of rotatable bonds is 4. The Balaban J connectivity index is 1.62. The zero-order chi connectivity index (χ0) is 14.7. The van der Waals surface area contributed by atoms with E-state index in [9.17, 15) is 4.79 Å². The molecular formula is C13H12N6O2. The van der Waals surface area contributed by atoms with E-state index < -0.39 is 0 Å². The van der Waals surface area contributed by atoms with E-state index in [1.165, 1.54) is 6.33 Å². The molecule has 0 aromatic carbocycles. The van der Waals surface area contributed by atoms with Crippen LogP contribution in [0.4, 0.5) is 0 Å². The van der Waals surface area contributed by atoms with Crippen LogP contribution in [0.15, 0.2) is 41.6 Å². The van der Waals surface area contributed by atoms with Gasteiger partial charge in [-0.05, 0) is 18.6 Å². The average Bonchev–Trinajstić information content (AvgIpc) is 3.16. The summed E-state index contributed by atoms with van der Waals surface area (Å²) in [7, 11) is 0. The minimum absolute atomic E-state index is 0.194. The number of nitrogens with one attached hydrogen (secondary N) is 1. The van der Waals surface area contributed by atoms with Gasteiger partial charge in [-0.3, -0.25) is 4.79 Å². The lowest BCUT2D eigenvalue weighted by molar-refractivity contribution is 0.0914. The van der Waals surface area contributed by atoms with Crippen molar-refractivity contribution in [1.82, 2.24) is 30.2 Å². The summed E-state index contributed by atoms with van der Waals surface area (Å²) >= 11 is 0. The fraction of sp³-hybridized carbons (Fsp3) is 0.154. The van der Waals surface area contributed by atoms with Crippen molar-refractivity contribution in [2.24, 2.45) is 0 Å². The minimum Gasteiger partial charge on any atom is -0.351 e. The highest BCUT2D eigenvalue weighted by Gasteiger charge is 2.10. The molecule has 106 valence electrons. The molecule has 8 nitrogen and oxygen atoms in total. The first-order valence-corrected chi connectivity index (χ1v) is 6.24. The molecule has 0 spiro atoms. The van der Waals surface area contributed by atoms with Gasteiger partial charge < -0.3 is 9.84 Å². The molecule has 8 heteroatoms. The topological polar surface area (TPSA) is 98.7 Å². The van der Waals surface area contributed by atoms with Crippen molar-refractivity contribution in [3.8, 4) is 5.82 Å². The maximum absolute atomic E-state index is 11.8. The zero-order valence-electron chi connectivity index (χ0n) is 11.2. The quantitative estimate of drug-likeness (QED) is 0.763. The Labute approximate surface area is 119 Å². The lowest BCUT2D eigenvalue weighted by atomic mass is 10.2.